The summed E-state index contributed by atoms with van der Waals surface area (Å²) in [5, 5.41) is 6.43. The van der Waals surface area contributed by atoms with Gasteiger partial charge in [-0.2, -0.15) is 5.10 Å². The molecule has 34 heavy (non-hydrogen) atoms. The molecule has 2 amide bonds. The highest BCUT2D eigenvalue weighted by Gasteiger charge is 2.13. The molecule has 3 aromatic carbocycles. The molecule has 0 aliphatic carbocycles. The summed E-state index contributed by atoms with van der Waals surface area (Å²) in [4.78, 5) is 36.4. The molecule has 174 valence electrons. The van der Waals surface area contributed by atoms with Crippen LogP contribution in [0.25, 0.3) is 0 Å². The number of hydrogen-bond acceptors (Lipinski definition) is 6. The van der Waals surface area contributed by atoms with Gasteiger partial charge in [-0.1, -0.05) is 35.4 Å². The minimum Gasteiger partial charge on any atom is -0.493 e. The van der Waals surface area contributed by atoms with Gasteiger partial charge < -0.3 is 14.8 Å². The molecule has 8 heteroatoms. The van der Waals surface area contributed by atoms with Gasteiger partial charge in [0.25, 0.3) is 11.8 Å². The molecule has 3 rings (SSSR count). The molecule has 0 spiro atoms. The second kappa shape index (κ2) is 11.4. The summed E-state index contributed by atoms with van der Waals surface area (Å²) in [6.45, 7) is 3.59. The molecular weight excluding hydrogens is 434 g/mol. The second-order valence-corrected chi connectivity index (χ2v) is 7.51. The Morgan fingerprint density at radius 3 is 2.35 bits per heavy atom. The quantitative estimate of drug-likeness (QED) is 0.232. The zero-order chi connectivity index (χ0) is 24.5. The number of nitrogens with zero attached hydrogens (tertiary/aromatic N) is 1. The summed E-state index contributed by atoms with van der Waals surface area (Å²) in [7, 11) is 1.46. The van der Waals surface area contributed by atoms with Crippen molar-refractivity contribution in [2.24, 2.45) is 5.10 Å². The highest BCUT2D eigenvalue weighted by atomic mass is 16.6. The van der Waals surface area contributed by atoms with Crippen LogP contribution in [0.1, 0.15) is 37.4 Å². The monoisotopic (exact) mass is 459 g/mol. The third-order valence-corrected chi connectivity index (χ3v) is 4.77. The Morgan fingerprint density at radius 1 is 0.882 bits per heavy atom. The Kier molecular flexibility index (Phi) is 8.12. The van der Waals surface area contributed by atoms with E-state index in [1.54, 1.807) is 48.5 Å². The van der Waals surface area contributed by atoms with Gasteiger partial charge in [-0.3, -0.25) is 9.59 Å². The lowest BCUT2D eigenvalue weighted by Crippen LogP contribution is -2.34. The number of hydrazone groups is 1. The Hall–Kier alpha value is -4.46. The molecule has 0 aliphatic heterocycles. The first-order chi connectivity index (χ1) is 16.4. The molecule has 0 fully saturated rings. The molecule has 0 unspecified atom stereocenters. The smallest absolute Gasteiger partial charge is 0.343 e. The SMILES string of the molecule is COc1cc(/C=N/NC(=O)CNC(=O)c2cccc(C)c2)ccc1OC(=O)c1ccc(C)cc1. The number of nitrogens with one attached hydrogen (secondary N) is 2. The van der Waals surface area contributed by atoms with Crippen molar-refractivity contribution in [1.82, 2.24) is 10.7 Å². The van der Waals surface area contributed by atoms with E-state index in [0.29, 0.717) is 22.4 Å². The zero-order valence-corrected chi connectivity index (χ0v) is 19.1. The lowest BCUT2D eigenvalue weighted by molar-refractivity contribution is -0.120. The summed E-state index contributed by atoms with van der Waals surface area (Å²) in [6, 6.07) is 19.0. The molecule has 0 radical (unpaired) electrons. The summed E-state index contributed by atoms with van der Waals surface area (Å²) in [5.41, 5.74) is 5.85. The highest BCUT2D eigenvalue weighted by Crippen LogP contribution is 2.28. The normalized spacial score (nSPS) is 10.6. The van der Waals surface area contributed by atoms with Gasteiger partial charge in [-0.15, -0.1) is 0 Å². The van der Waals surface area contributed by atoms with Crippen molar-refractivity contribution in [2.45, 2.75) is 13.8 Å². The number of aryl methyl sites for hydroxylation is 2. The standard InChI is InChI=1S/C26H25N3O5/c1-17-7-10-20(11-8-17)26(32)34-22-12-9-19(14-23(22)33-3)15-28-29-24(30)16-27-25(31)21-6-4-5-18(2)13-21/h4-15H,16H2,1-3H3,(H,27,31)(H,29,30)/b28-15+. The number of carbonyl (C=O) groups excluding carboxylic acids is 3. The van der Waals surface area contributed by atoms with Crippen molar-refractivity contribution in [3.8, 4) is 11.5 Å². The maximum absolute atomic E-state index is 12.4. The van der Waals surface area contributed by atoms with Crippen LogP contribution < -0.4 is 20.2 Å². The van der Waals surface area contributed by atoms with Crippen LogP contribution in [0.3, 0.4) is 0 Å². The van der Waals surface area contributed by atoms with Crippen LogP contribution in [-0.2, 0) is 4.79 Å². The topological polar surface area (TPSA) is 106 Å². The van der Waals surface area contributed by atoms with E-state index in [2.05, 4.69) is 15.8 Å². The molecule has 0 heterocycles. The van der Waals surface area contributed by atoms with Gasteiger partial charge >= 0.3 is 5.97 Å². The van der Waals surface area contributed by atoms with Gasteiger partial charge in [-0.25, -0.2) is 10.2 Å². The molecule has 8 nitrogen and oxygen atoms in total. The van der Waals surface area contributed by atoms with E-state index < -0.39 is 11.9 Å². The van der Waals surface area contributed by atoms with Crippen LogP contribution in [0.5, 0.6) is 11.5 Å². The van der Waals surface area contributed by atoms with Gasteiger partial charge in [0.05, 0.1) is 25.4 Å². The highest BCUT2D eigenvalue weighted by molar-refractivity contribution is 5.96. The third kappa shape index (κ3) is 6.77. The molecule has 0 saturated heterocycles. The van der Waals surface area contributed by atoms with Gasteiger partial charge in [0.15, 0.2) is 11.5 Å². The van der Waals surface area contributed by atoms with Gasteiger partial charge in [-0.05, 0) is 61.9 Å². The molecular formula is C26H25N3O5. The van der Waals surface area contributed by atoms with Gasteiger partial charge in [0, 0.05) is 5.56 Å². The number of benzene rings is 3. The van der Waals surface area contributed by atoms with Crippen LogP contribution in [0, 0.1) is 13.8 Å². The molecule has 0 atom stereocenters. The van der Waals surface area contributed by atoms with E-state index >= 15 is 0 Å². The van der Waals surface area contributed by atoms with Crippen molar-refractivity contribution in [1.29, 1.82) is 0 Å². The van der Waals surface area contributed by atoms with Crippen molar-refractivity contribution in [3.63, 3.8) is 0 Å². The zero-order valence-electron chi connectivity index (χ0n) is 19.1. The molecule has 0 aliphatic rings. The number of methoxy groups -OCH3 is 1. The van der Waals surface area contributed by atoms with Crippen LogP contribution >= 0.6 is 0 Å². The predicted octanol–water partition coefficient (Wildman–Crippen LogP) is 3.41. The Balaban J connectivity index is 1.54. The van der Waals surface area contributed by atoms with Crippen LogP contribution in [0.15, 0.2) is 71.8 Å². The van der Waals surface area contributed by atoms with Gasteiger partial charge in [0.2, 0.25) is 0 Å². The summed E-state index contributed by atoms with van der Waals surface area (Å²) in [5.74, 6) is -0.731. The molecule has 3 aromatic rings. The van der Waals surface area contributed by atoms with Crippen LogP contribution in [0.4, 0.5) is 0 Å². The van der Waals surface area contributed by atoms with Crippen LogP contribution in [0.2, 0.25) is 0 Å². The predicted molar refractivity (Wildman–Crippen MR) is 128 cm³/mol. The number of hydrogen-bond donors (Lipinski definition) is 2. The average Bonchev–Trinajstić information content (AvgIpc) is 2.83. The summed E-state index contributed by atoms with van der Waals surface area (Å²) < 4.78 is 10.8. The number of ether oxygens (including phenoxy) is 2. The first-order valence-electron chi connectivity index (χ1n) is 10.5. The first-order valence-corrected chi connectivity index (χ1v) is 10.5. The van der Waals surface area contributed by atoms with Crippen LogP contribution in [-0.4, -0.2) is 37.7 Å². The van der Waals surface area contributed by atoms with E-state index in [1.165, 1.54) is 13.3 Å². The number of amides is 2. The third-order valence-electron chi connectivity index (χ3n) is 4.77. The number of carbonyl (C=O) groups is 3. The minimum absolute atomic E-state index is 0.221. The molecule has 2 N–H and O–H groups in total. The van der Waals surface area contributed by atoms with E-state index in [9.17, 15) is 14.4 Å². The fourth-order valence-electron chi connectivity index (χ4n) is 2.96. The molecule has 0 aromatic heterocycles. The molecule has 0 saturated carbocycles. The maximum atomic E-state index is 12.4. The average molecular weight is 460 g/mol. The summed E-state index contributed by atoms with van der Waals surface area (Å²) >= 11 is 0. The van der Waals surface area contributed by atoms with Crippen molar-refractivity contribution >= 4 is 24.0 Å². The van der Waals surface area contributed by atoms with Crippen molar-refractivity contribution < 1.29 is 23.9 Å². The first kappa shape index (κ1) is 24.2. The van der Waals surface area contributed by atoms with E-state index in [0.717, 1.165) is 11.1 Å². The lowest BCUT2D eigenvalue weighted by Gasteiger charge is -2.10. The number of esters is 1. The minimum atomic E-state index is -0.500. The summed E-state index contributed by atoms with van der Waals surface area (Å²) in [6.07, 6.45) is 1.41. The second-order valence-electron chi connectivity index (χ2n) is 7.51. The largest absolute Gasteiger partial charge is 0.493 e. The van der Waals surface area contributed by atoms with Gasteiger partial charge in [0.1, 0.15) is 0 Å². The van der Waals surface area contributed by atoms with E-state index in [1.807, 2.05) is 32.0 Å². The van der Waals surface area contributed by atoms with Crippen molar-refractivity contribution in [3.05, 3.63) is 94.5 Å². The fraction of sp³-hybridized carbons (Fsp3) is 0.154. The lowest BCUT2D eigenvalue weighted by atomic mass is 10.1. The van der Waals surface area contributed by atoms with E-state index in [-0.39, 0.29) is 18.2 Å². The molecule has 0 bridgehead atoms. The Bertz CT molecular complexity index is 1220. The number of rotatable bonds is 8. The van der Waals surface area contributed by atoms with E-state index in [4.69, 9.17) is 9.47 Å². The Morgan fingerprint density at radius 2 is 1.65 bits per heavy atom. The van der Waals surface area contributed by atoms with Crippen molar-refractivity contribution in [2.75, 3.05) is 13.7 Å². The Labute approximate surface area is 197 Å². The maximum Gasteiger partial charge on any atom is 0.343 e. The fourth-order valence-corrected chi connectivity index (χ4v) is 2.96.